The van der Waals surface area contributed by atoms with E-state index in [0.717, 1.165) is 34.9 Å². The lowest BCUT2D eigenvalue weighted by Gasteiger charge is -2.19. The van der Waals surface area contributed by atoms with Gasteiger partial charge < -0.3 is 14.8 Å². The van der Waals surface area contributed by atoms with Crippen LogP contribution in [0.15, 0.2) is 22.7 Å². The predicted octanol–water partition coefficient (Wildman–Crippen LogP) is 5.45. The van der Waals surface area contributed by atoms with Gasteiger partial charge in [0.05, 0.1) is 12.2 Å². The fourth-order valence-corrected chi connectivity index (χ4v) is 5.04. The Bertz CT molecular complexity index is 893. The van der Waals surface area contributed by atoms with Gasteiger partial charge in [-0.2, -0.15) is 0 Å². The van der Waals surface area contributed by atoms with E-state index in [1.54, 1.807) is 13.0 Å². The van der Waals surface area contributed by atoms with Gasteiger partial charge in [0, 0.05) is 9.35 Å². The molecule has 1 heterocycles. The Balaban J connectivity index is 1.76. The van der Waals surface area contributed by atoms with Gasteiger partial charge in [0.15, 0.2) is 6.61 Å². The highest BCUT2D eigenvalue weighted by Gasteiger charge is 2.30. The van der Waals surface area contributed by atoms with Crippen molar-refractivity contribution in [3.63, 3.8) is 0 Å². The molecule has 150 valence electrons. The van der Waals surface area contributed by atoms with Crippen LogP contribution < -0.4 is 10.1 Å². The zero-order chi connectivity index (χ0) is 20.3. The molecule has 1 aromatic heterocycles. The minimum atomic E-state index is -0.367. The summed E-state index contributed by atoms with van der Waals surface area (Å²) in [5.74, 6) is 0.249. The van der Waals surface area contributed by atoms with Crippen molar-refractivity contribution >= 4 is 44.1 Å². The Hall–Kier alpha value is -1.86. The number of amides is 1. The largest absolute Gasteiger partial charge is 0.484 e. The van der Waals surface area contributed by atoms with E-state index in [1.165, 1.54) is 16.2 Å². The van der Waals surface area contributed by atoms with Crippen molar-refractivity contribution in [3.8, 4) is 5.75 Å². The molecule has 5 nitrogen and oxygen atoms in total. The summed E-state index contributed by atoms with van der Waals surface area (Å²) in [6.45, 7) is 6.04. The number of hydrogen-bond acceptors (Lipinski definition) is 5. The average molecular weight is 466 g/mol. The van der Waals surface area contributed by atoms with Crippen LogP contribution >= 0.6 is 27.3 Å². The zero-order valence-corrected chi connectivity index (χ0v) is 18.7. The number of halogens is 1. The SMILES string of the molecule is CCOC(=O)c1c(NC(=O)COc2ccc(Br)c(C)c2)sc2c1C(C)CCC2. The number of fused-ring (bicyclic) bond motifs is 1. The number of ether oxygens (including phenoxy) is 2. The van der Waals surface area contributed by atoms with E-state index in [2.05, 4.69) is 28.2 Å². The fraction of sp³-hybridized carbons (Fsp3) is 0.429. The quantitative estimate of drug-likeness (QED) is 0.575. The number of aryl methyl sites for hydroxylation is 2. The first-order chi connectivity index (χ1) is 13.4. The minimum absolute atomic E-state index is 0.124. The lowest BCUT2D eigenvalue weighted by molar-refractivity contribution is -0.118. The highest BCUT2D eigenvalue weighted by atomic mass is 79.9. The molecular formula is C21H24BrNO4S. The lowest BCUT2D eigenvalue weighted by atomic mass is 9.86. The Labute approximate surface area is 177 Å². The molecule has 0 spiro atoms. The summed E-state index contributed by atoms with van der Waals surface area (Å²) in [5.41, 5.74) is 2.58. The summed E-state index contributed by atoms with van der Waals surface area (Å²) in [6, 6.07) is 5.56. The molecule has 1 atom stereocenters. The molecule has 0 bridgehead atoms. The van der Waals surface area contributed by atoms with Crippen molar-refractivity contribution in [2.75, 3.05) is 18.5 Å². The molecule has 0 saturated carbocycles. The predicted molar refractivity (Wildman–Crippen MR) is 115 cm³/mol. The summed E-state index contributed by atoms with van der Waals surface area (Å²) in [5, 5.41) is 3.44. The smallest absolute Gasteiger partial charge is 0.341 e. The number of benzene rings is 1. The van der Waals surface area contributed by atoms with Crippen molar-refractivity contribution in [2.24, 2.45) is 0 Å². The molecular weight excluding hydrogens is 442 g/mol. The molecule has 1 aliphatic rings. The van der Waals surface area contributed by atoms with Gasteiger partial charge in [-0.15, -0.1) is 11.3 Å². The van der Waals surface area contributed by atoms with Crippen LogP contribution in [0.5, 0.6) is 5.75 Å². The molecule has 28 heavy (non-hydrogen) atoms. The van der Waals surface area contributed by atoms with E-state index in [4.69, 9.17) is 9.47 Å². The third-order valence-electron chi connectivity index (χ3n) is 4.79. The Morgan fingerprint density at radius 2 is 2.14 bits per heavy atom. The molecule has 1 amide bonds. The van der Waals surface area contributed by atoms with Gasteiger partial charge in [0.25, 0.3) is 5.91 Å². The van der Waals surface area contributed by atoms with Crippen LogP contribution in [-0.4, -0.2) is 25.1 Å². The maximum Gasteiger partial charge on any atom is 0.341 e. The zero-order valence-electron chi connectivity index (χ0n) is 16.3. The van der Waals surface area contributed by atoms with Gasteiger partial charge in [-0.1, -0.05) is 22.9 Å². The number of carbonyl (C=O) groups excluding carboxylic acids is 2. The first-order valence-electron chi connectivity index (χ1n) is 9.42. The summed E-state index contributed by atoms with van der Waals surface area (Å²) >= 11 is 4.92. The molecule has 7 heteroatoms. The Morgan fingerprint density at radius 1 is 1.36 bits per heavy atom. The molecule has 1 unspecified atom stereocenters. The van der Waals surface area contributed by atoms with Gasteiger partial charge in [0.2, 0.25) is 0 Å². The third-order valence-corrected chi connectivity index (χ3v) is 6.86. The maximum atomic E-state index is 12.6. The Kier molecular flexibility index (Phi) is 6.78. The van der Waals surface area contributed by atoms with Gasteiger partial charge in [-0.25, -0.2) is 4.79 Å². The monoisotopic (exact) mass is 465 g/mol. The van der Waals surface area contributed by atoms with E-state index < -0.39 is 0 Å². The highest BCUT2D eigenvalue weighted by molar-refractivity contribution is 9.10. The van der Waals surface area contributed by atoms with Crippen molar-refractivity contribution in [3.05, 3.63) is 44.2 Å². The van der Waals surface area contributed by atoms with Gasteiger partial charge in [0.1, 0.15) is 10.8 Å². The number of hydrogen-bond donors (Lipinski definition) is 1. The average Bonchev–Trinajstić information content (AvgIpc) is 3.02. The van der Waals surface area contributed by atoms with Crippen molar-refractivity contribution in [1.29, 1.82) is 0 Å². The van der Waals surface area contributed by atoms with E-state index >= 15 is 0 Å². The van der Waals surface area contributed by atoms with E-state index in [9.17, 15) is 9.59 Å². The van der Waals surface area contributed by atoms with Crippen molar-refractivity contribution in [2.45, 2.75) is 46.0 Å². The number of nitrogens with one attached hydrogen (secondary N) is 1. The highest BCUT2D eigenvalue weighted by Crippen LogP contribution is 2.43. The lowest BCUT2D eigenvalue weighted by Crippen LogP contribution is -2.21. The molecule has 0 aliphatic heterocycles. The van der Waals surface area contributed by atoms with E-state index in [0.29, 0.717) is 22.9 Å². The van der Waals surface area contributed by atoms with E-state index in [-0.39, 0.29) is 24.4 Å². The van der Waals surface area contributed by atoms with E-state index in [1.807, 2.05) is 19.1 Å². The number of rotatable bonds is 6. The molecule has 1 aromatic carbocycles. The molecule has 1 aliphatic carbocycles. The first kappa shape index (κ1) is 20.9. The first-order valence-corrected chi connectivity index (χ1v) is 11.0. The summed E-state index contributed by atoms with van der Waals surface area (Å²) < 4.78 is 11.8. The fourth-order valence-electron chi connectivity index (χ4n) is 3.42. The normalized spacial score (nSPS) is 15.6. The van der Waals surface area contributed by atoms with Crippen molar-refractivity contribution < 1.29 is 19.1 Å². The molecule has 1 N–H and O–H groups in total. The van der Waals surface area contributed by atoms with Crippen LogP contribution in [0.3, 0.4) is 0 Å². The van der Waals surface area contributed by atoms with Crippen LogP contribution in [0.25, 0.3) is 0 Å². The van der Waals surface area contributed by atoms with Crippen molar-refractivity contribution in [1.82, 2.24) is 0 Å². The van der Waals surface area contributed by atoms with Crippen LogP contribution in [0.2, 0.25) is 0 Å². The molecule has 3 rings (SSSR count). The van der Waals surface area contributed by atoms with Crippen LogP contribution in [0.4, 0.5) is 5.00 Å². The van der Waals surface area contributed by atoms with Crippen LogP contribution in [0, 0.1) is 6.92 Å². The molecule has 0 fully saturated rings. The van der Waals surface area contributed by atoms with Crippen LogP contribution in [0.1, 0.15) is 59.0 Å². The number of esters is 1. The molecule has 0 radical (unpaired) electrons. The maximum absolute atomic E-state index is 12.6. The Morgan fingerprint density at radius 3 is 2.86 bits per heavy atom. The molecule has 2 aromatic rings. The standard InChI is InChI=1S/C21H24BrNO4S/c1-4-26-21(25)19-18-12(2)6-5-7-16(18)28-20(19)23-17(24)11-27-14-8-9-15(22)13(3)10-14/h8-10,12H,4-7,11H2,1-3H3,(H,23,24). The summed E-state index contributed by atoms with van der Waals surface area (Å²) in [7, 11) is 0. The van der Waals surface area contributed by atoms with Gasteiger partial charge >= 0.3 is 5.97 Å². The van der Waals surface area contributed by atoms with Gasteiger partial charge in [-0.3, -0.25) is 4.79 Å². The van der Waals surface area contributed by atoms with Gasteiger partial charge in [-0.05, 0) is 68.4 Å². The number of thiophene rings is 1. The summed E-state index contributed by atoms with van der Waals surface area (Å²) in [6.07, 6.45) is 3.06. The number of carbonyl (C=O) groups is 2. The second kappa shape index (κ2) is 9.09. The minimum Gasteiger partial charge on any atom is -0.484 e. The summed E-state index contributed by atoms with van der Waals surface area (Å²) in [4.78, 5) is 26.2. The third kappa shape index (κ3) is 4.58. The second-order valence-electron chi connectivity index (χ2n) is 6.90. The molecule has 0 saturated heterocycles. The second-order valence-corrected chi connectivity index (χ2v) is 8.86. The topological polar surface area (TPSA) is 64.6 Å². The van der Waals surface area contributed by atoms with Crippen LogP contribution in [-0.2, 0) is 16.0 Å². The number of anilines is 1.